The van der Waals surface area contributed by atoms with Crippen LogP contribution in [0.3, 0.4) is 0 Å². The fraction of sp³-hybridized carbons (Fsp3) is 0.0833. The first-order valence-electron chi connectivity index (χ1n) is 9.53. The van der Waals surface area contributed by atoms with Gasteiger partial charge in [-0.25, -0.2) is 4.68 Å². The molecule has 1 N–H and O–H groups in total. The number of hydrogen-bond acceptors (Lipinski definition) is 3. The maximum atomic E-state index is 12.9. The average Bonchev–Trinajstić information content (AvgIpc) is 3.33. The van der Waals surface area contributed by atoms with Gasteiger partial charge in [0.05, 0.1) is 11.4 Å². The zero-order valence-electron chi connectivity index (χ0n) is 16.7. The van der Waals surface area contributed by atoms with Gasteiger partial charge in [-0.3, -0.25) is 14.3 Å². The number of nitrogens with one attached hydrogen (secondary N) is 1. The summed E-state index contributed by atoms with van der Waals surface area (Å²) >= 11 is 0. The van der Waals surface area contributed by atoms with Gasteiger partial charge in [0.1, 0.15) is 17.2 Å². The molecule has 0 fully saturated rings. The number of hydrogen-bond donors (Lipinski definition) is 1. The van der Waals surface area contributed by atoms with E-state index in [0.29, 0.717) is 11.5 Å². The van der Waals surface area contributed by atoms with Crippen molar-refractivity contribution in [1.82, 2.24) is 9.36 Å². The Kier molecular flexibility index (Phi) is 5.22. The lowest BCUT2D eigenvalue weighted by Gasteiger charge is -2.07. The van der Waals surface area contributed by atoms with E-state index >= 15 is 0 Å². The minimum absolute atomic E-state index is 0.250. The number of rotatable bonds is 5. The van der Waals surface area contributed by atoms with E-state index in [1.807, 2.05) is 66.7 Å². The van der Waals surface area contributed by atoms with E-state index in [2.05, 4.69) is 5.32 Å². The van der Waals surface area contributed by atoms with Crippen LogP contribution in [-0.4, -0.2) is 15.3 Å². The van der Waals surface area contributed by atoms with Crippen LogP contribution in [0.25, 0.3) is 23.1 Å². The van der Waals surface area contributed by atoms with Crippen LogP contribution < -0.4 is 10.9 Å². The summed E-state index contributed by atoms with van der Waals surface area (Å²) in [6.45, 7) is 1.79. The molecule has 0 aliphatic carbocycles. The van der Waals surface area contributed by atoms with Gasteiger partial charge < -0.3 is 9.73 Å². The second kappa shape index (κ2) is 8.13. The Labute approximate surface area is 173 Å². The van der Waals surface area contributed by atoms with Crippen LogP contribution in [-0.2, 0) is 11.8 Å². The van der Waals surface area contributed by atoms with Crippen molar-refractivity contribution in [1.29, 1.82) is 0 Å². The van der Waals surface area contributed by atoms with Gasteiger partial charge in [-0.05, 0) is 37.3 Å². The van der Waals surface area contributed by atoms with Crippen molar-refractivity contribution in [2.45, 2.75) is 6.92 Å². The normalized spacial score (nSPS) is 11.1. The monoisotopic (exact) mass is 399 g/mol. The molecule has 2 aromatic heterocycles. The molecule has 2 heterocycles. The van der Waals surface area contributed by atoms with Crippen LogP contribution in [0.15, 0.2) is 88.1 Å². The molecule has 0 radical (unpaired) electrons. The minimum atomic E-state index is -0.404. The van der Waals surface area contributed by atoms with Crippen LogP contribution in [0.4, 0.5) is 5.69 Å². The fourth-order valence-electron chi connectivity index (χ4n) is 3.23. The van der Waals surface area contributed by atoms with Crippen molar-refractivity contribution >= 4 is 17.7 Å². The number of carbonyl (C=O) groups excluding carboxylic acids is 1. The Bertz CT molecular complexity index is 1260. The first-order valence-corrected chi connectivity index (χ1v) is 9.53. The van der Waals surface area contributed by atoms with E-state index < -0.39 is 5.91 Å². The predicted molar refractivity (Wildman–Crippen MR) is 118 cm³/mol. The second-order valence-electron chi connectivity index (χ2n) is 6.83. The predicted octanol–water partition coefficient (Wildman–Crippen LogP) is 4.40. The fourth-order valence-corrected chi connectivity index (χ4v) is 3.23. The molecule has 1 amide bonds. The van der Waals surface area contributed by atoms with Gasteiger partial charge in [0.25, 0.3) is 5.56 Å². The molecule has 2 aromatic carbocycles. The van der Waals surface area contributed by atoms with Gasteiger partial charge in [-0.15, -0.1) is 0 Å². The van der Waals surface area contributed by atoms with Crippen LogP contribution in [0.1, 0.15) is 11.5 Å². The summed E-state index contributed by atoms with van der Waals surface area (Å²) in [6.07, 6.45) is 2.93. The number of nitrogens with zero attached hydrogens (tertiary/aromatic N) is 2. The van der Waals surface area contributed by atoms with E-state index in [0.717, 1.165) is 17.0 Å². The van der Waals surface area contributed by atoms with E-state index in [-0.39, 0.29) is 11.2 Å². The third-order valence-electron chi connectivity index (χ3n) is 4.89. The minimum Gasteiger partial charge on any atom is -0.457 e. The summed E-state index contributed by atoms with van der Waals surface area (Å²) < 4.78 is 9.00. The molecule has 4 rings (SSSR count). The third-order valence-corrected chi connectivity index (χ3v) is 4.89. The zero-order valence-corrected chi connectivity index (χ0v) is 16.7. The molecular formula is C24H21N3O3. The SMILES string of the molecule is Cc1c(NC(=O)/C=C/c2ccc(-c3ccccc3)o2)c(=O)n(-c2ccccc2)n1C. The molecule has 0 atom stereocenters. The molecule has 0 saturated heterocycles. The summed E-state index contributed by atoms with van der Waals surface area (Å²) in [5, 5.41) is 2.70. The summed E-state index contributed by atoms with van der Waals surface area (Å²) in [5.74, 6) is 0.870. The number of amides is 1. The molecule has 0 bridgehead atoms. The molecule has 30 heavy (non-hydrogen) atoms. The molecular weight excluding hydrogens is 378 g/mol. The highest BCUT2D eigenvalue weighted by atomic mass is 16.3. The van der Waals surface area contributed by atoms with Crippen molar-refractivity contribution in [3.63, 3.8) is 0 Å². The molecule has 6 heteroatoms. The number of anilines is 1. The maximum absolute atomic E-state index is 12.9. The quantitative estimate of drug-likeness (QED) is 0.506. The molecule has 0 saturated carbocycles. The van der Waals surface area contributed by atoms with Gasteiger partial charge in [0.15, 0.2) is 0 Å². The summed E-state index contributed by atoms with van der Waals surface area (Å²) in [7, 11) is 1.78. The first kappa shape index (κ1) is 19.3. The highest BCUT2D eigenvalue weighted by Crippen LogP contribution is 2.22. The van der Waals surface area contributed by atoms with Gasteiger partial charge >= 0.3 is 0 Å². The largest absolute Gasteiger partial charge is 0.457 e. The van der Waals surface area contributed by atoms with Crippen molar-refractivity contribution < 1.29 is 9.21 Å². The van der Waals surface area contributed by atoms with Crippen molar-refractivity contribution in [3.8, 4) is 17.0 Å². The Hall–Kier alpha value is -4.06. The zero-order chi connectivity index (χ0) is 21.1. The topological polar surface area (TPSA) is 69.2 Å². The Morgan fingerprint density at radius 1 is 0.967 bits per heavy atom. The summed E-state index contributed by atoms with van der Waals surface area (Å²) in [5.41, 5.74) is 2.32. The van der Waals surface area contributed by atoms with Crippen LogP contribution >= 0.6 is 0 Å². The lowest BCUT2D eigenvalue weighted by molar-refractivity contribution is -0.111. The standard InChI is InChI=1S/C24H21N3O3/c1-17-23(24(29)27(26(17)2)19-11-7-4-8-12-19)25-22(28)16-14-20-13-15-21(30-20)18-9-5-3-6-10-18/h3-16H,1-2H3,(H,25,28)/b16-14+. The molecule has 150 valence electrons. The van der Waals surface area contributed by atoms with E-state index in [4.69, 9.17) is 4.42 Å². The van der Waals surface area contributed by atoms with Crippen LogP contribution in [0.5, 0.6) is 0 Å². The van der Waals surface area contributed by atoms with Crippen LogP contribution in [0, 0.1) is 6.92 Å². The van der Waals surface area contributed by atoms with E-state index in [9.17, 15) is 9.59 Å². The lowest BCUT2D eigenvalue weighted by atomic mass is 10.2. The Morgan fingerprint density at radius 2 is 1.63 bits per heavy atom. The highest BCUT2D eigenvalue weighted by molar-refractivity contribution is 6.02. The average molecular weight is 399 g/mol. The Morgan fingerprint density at radius 3 is 2.33 bits per heavy atom. The lowest BCUT2D eigenvalue weighted by Crippen LogP contribution is -2.22. The smallest absolute Gasteiger partial charge is 0.295 e. The number of para-hydroxylation sites is 1. The maximum Gasteiger partial charge on any atom is 0.295 e. The van der Waals surface area contributed by atoms with Gasteiger partial charge in [-0.2, -0.15) is 0 Å². The third kappa shape index (κ3) is 3.75. The van der Waals surface area contributed by atoms with Crippen molar-refractivity contribution in [3.05, 3.63) is 101 Å². The molecule has 0 aliphatic rings. The molecule has 0 unspecified atom stereocenters. The van der Waals surface area contributed by atoms with E-state index in [1.165, 1.54) is 10.8 Å². The number of benzene rings is 2. The van der Waals surface area contributed by atoms with Gasteiger partial charge in [-0.1, -0.05) is 48.5 Å². The first-order chi connectivity index (χ1) is 14.5. The van der Waals surface area contributed by atoms with Crippen LogP contribution in [0.2, 0.25) is 0 Å². The van der Waals surface area contributed by atoms with Crippen molar-refractivity contribution in [2.24, 2.45) is 7.05 Å². The summed E-state index contributed by atoms with van der Waals surface area (Å²) in [6, 6.07) is 22.7. The molecule has 0 aliphatic heterocycles. The molecule has 4 aromatic rings. The number of furan rings is 1. The molecule has 0 spiro atoms. The highest BCUT2D eigenvalue weighted by Gasteiger charge is 2.17. The number of carbonyl (C=O) groups is 1. The van der Waals surface area contributed by atoms with E-state index in [1.54, 1.807) is 30.8 Å². The molecule has 6 nitrogen and oxygen atoms in total. The summed E-state index contributed by atoms with van der Waals surface area (Å²) in [4.78, 5) is 25.3. The van der Waals surface area contributed by atoms with Gasteiger partial charge in [0, 0.05) is 18.7 Å². The Balaban J connectivity index is 1.53. The second-order valence-corrected chi connectivity index (χ2v) is 6.83. The van der Waals surface area contributed by atoms with Gasteiger partial charge in [0.2, 0.25) is 5.91 Å². The van der Waals surface area contributed by atoms with Crippen molar-refractivity contribution in [2.75, 3.05) is 5.32 Å². The number of aromatic nitrogens is 2.